The van der Waals surface area contributed by atoms with E-state index in [-0.39, 0.29) is 0 Å². The van der Waals surface area contributed by atoms with Crippen molar-refractivity contribution >= 4 is 21.8 Å². The molecule has 44 heavy (non-hydrogen) atoms. The van der Waals surface area contributed by atoms with E-state index < -0.39 is 0 Å². The first-order valence-electron chi connectivity index (χ1n) is 14.5. The molecule has 0 aliphatic carbocycles. The largest absolute Gasteiger partial charge is 0.264 e. The predicted molar refractivity (Wildman–Crippen MR) is 178 cm³/mol. The molecule has 0 saturated carbocycles. The zero-order valence-corrected chi connectivity index (χ0v) is 23.7. The number of benzene rings is 3. The third kappa shape index (κ3) is 4.76. The second-order valence-corrected chi connectivity index (χ2v) is 10.6. The molecule has 0 atom stereocenters. The zero-order chi connectivity index (χ0) is 29.3. The molecule has 206 valence electrons. The first kappa shape index (κ1) is 25.6. The Balaban J connectivity index is 1.27. The van der Waals surface area contributed by atoms with E-state index in [9.17, 15) is 0 Å². The Hall–Kier alpha value is -6.07. The summed E-state index contributed by atoms with van der Waals surface area (Å²) in [6, 6.07) is 41.8. The van der Waals surface area contributed by atoms with Crippen LogP contribution in [0.25, 0.3) is 77.8 Å². The molecule has 0 N–H and O–H groups in total. The number of hydrogen-bond donors (Lipinski definition) is 0. The van der Waals surface area contributed by atoms with Gasteiger partial charge in [-0.25, -0.2) is 9.97 Å². The van der Waals surface area contributed by atoms with E-state index in [1.165, 1.54) is 0 Å². The molecule has 0 aliphatic rings. The molecule has 5 heterocycles. The van der Waals surface area contributed by atoms with Crippen LogP contribution in [0.15, 0.2) is 152 Å². The fourth-order valence-electron chi connectivity index (χ4n) is 5.69. The summed E-state index contributed by atoms with van der Waals surface area (Å²) in [7, 11) is 0. The zero-order valence-electron chi connectivity index (χ0n) is 23.7. The molecule has 0 bridgehead atoms. The quantitative estimate of drug-likeness (QED) is 0.195. The van der Waals surface area contributed by atoms with Crippen LogP contribution in [-0.4, -0.2) is 24.9 Å². The van der Waals surface area contributed by atoms with E-state index in [1.54, 1.807) is 12.4 Å². The first-order valence-corrected chi connectivity index (χ1v) is 14.5. The second kappa shape index (κ2) is 11.0. The summed E-state index contributed by atoms with van der Waals surface area (Å²) < 4.78 is 0. The van der Waals surface area contributed by atoms with E-state index in [0.717, 1.165) is 77.8 Å². The average Bonchev–Trinajstić information content (AvgIpc) is 3.12. The highest BCUT2D eigenvalue weighted by molar-refractivity contribution is 6.09. The lowest BCUT2D eigenvalue weighted by Crippen LogP contribution is -1.93. The number of pyridine rings is 5. The van der Waals surface area contributed by atoms with Crippen LogP contribution >= 0.6 is 0 Å². The number of hydrogen-bond acceptors (Lipinski definition) is 5. The molecule has 5 aromatic heterocycles. The number of aromatic nitrogens is 5. The number of rotatable bonds is 5. The summed E-state index contributed by atoms with van der Waals surface area (Å²) >= 11 is 0. The van der Waals surface area contributed by atoms with Gasteiger partial charge in [-0.05, 0) is 70.8 Å². The molecule has 5 heteroatoms. The van der Waals surface area contributed by atoms with Crippen molar-refractivity contribution in [1.29, 1.82) is 0 Å². The molecule has 8 rings (SSSR count). The SMILES string of the molecule is c1ccc(-c2cc(-c3ccc(-c4cc(-c5cccnc5)nc(-c5cccnc5)c4)cc3)c3ccc4cccnc4c3n2)cc1. The highest BCUT2D eigenvalue weighted by atomic mass is 14.8. The molecule has 8 aromatic rings. The van der Waals surface area contributed by atoms with Gasteiger partial charge < -0.3 is 0 Å². The van der Waals surface area contributed by atoms with Gasteiger partial charge in [0.15, 0.2) is 0 Å². The Morgan fingerprint density at radius 2 is 1.02 bits per heavy atom. The van der Waals surface area contributed by atoms with Crippen molar-refractivity contribution in [2.75, 3.05) is 0 Å². The normalized spacial score (nSPS) is 11.2. The lowest BCUT2D eigenvalue weighted by atomic mass is 9.95. The lowest BCUT2D eigenvalue weighted by molar-refractivity contribution is 1.26. The fraction of sp³-hybridized carbons (Fsp3) is 0. The predicted octanol–water partition coefficient (Wildman–Crippen LogP) is 9.30. The minimum Gasteiger partial charge on any atom is -0.264 e. The topological polar surface area (TPSA) is 64.5 Å². The molecule has 0 spiro atoms. The van der Waals surface area contributed by atoms with Crippen LogP contribution in [0.5, 0.6) is 0 Å². The van der Waals surface area contributed by atoms with Gasteiger partial charge in [-0.15, -0.1) is 0 Å². The van der Waals surface area contributed by atoms with Gasteiger partial charge in [0.05, 0.1) is 28.1 Å². The van der Waals surface area contributed by atoms with Crippen molar-refractivity contribution in [2.45, 2.75) is 0 Å². The second-order valence-electron chi connectivity index (χ2n) is 10.6. The molecule has 0 unspecified atom stereocenters. The van der Waals surface area contributed by atoms with Crippen LogP contribution < -0.4 is 0 Å². The van der Waals surface area contributed by atoms with Crippen molar-refractivity contribution in [3.05, 3.63) is 152 Å². The minimum absolute atomic E-state index is 0.866. The monoisotopic (exact) mass is 563 g/mol. The smallest absolute Gasteiger partial charge is 0.0978 e. The van der Waals surface area contributed by atoms with E-state index >= 15 is 0 Å². The third-order valence-corrected chi connectivity index (χ3v) is 7.89. The van der Waals surface area contributed by atoms with Crippen LogP contribution in [0.4, 0.5) is 0 Å². The summed E-state index contributed by atoms with van der Waals surface area (Å²) in [5.41, 5.74) is 11.9. The number of nitrogens with zero attached hydrogens (tertiary/aromatic N) is 5. The van der Waals surface area contributed by atoms with E-state index in [4.69, 9.17) is 15.0 Å². The van der Waals surface area contributed by atoms with Gasteiger partial charge in [0, 0.05) is 58.4 Å². The fourth-order valence-corrected chi connectivity index (χ4v) is 5.69. The molecular formula is C39H25N5. The van der Waals surface area contributed by atoms with Gasteiger partial charge >= 0.3 is 0 Å². The molecule has 0 aliphatic heterocycles. The van der Waals surface area contributed by atoms with Crippen molar-refractivity contribution < 1.29 is 0 Å². The van der Waals surface area contributed by atoms with Crippen LogP contribution in [0.3, 0.4) is 0 Å². The van der Waals surface area contributed by atoms with Crippen molar-refractivity contribution in [3.8, 4) is 56.0 Å². The van der Waals surface area contributed by atoms with Gasteiger partial charge in [-0.3, -0.25) is 15.0 Å². The summed E-state index contributed by atoms with van der Waals surface area (Å²) in [5, 5.41) is 2.15. The molecular weight excluding hydrogens is 538 g/mol. The summed E-state index contributed by atoms with van der Waals surface area (Å²) in [5.74, 6) is 0. The van der Waals surface area contributed by atoms with Crippen LogP contribution in [-0.2, 0) is 0 Å². The molecule has 5 nitrogen and oxygen atoms in total. The molecule has 3 aromatic carbocycles. The molecule has 0 fully saturated rings. The van der Waals surface area contributed by atoms with Crippen molar-refractivity contribution in [1.82, 2.24) is 24.9 Å². The number of fused-ring (bicyclic) bond motifs is 3. The Kier molecular flexibility index (Phi) is 6.39. The Labute approximate surface area is 254 Å². The highest BCUT2D eigenvalue weighted by Crippen LogP contribution is 2.36. The summed E-state index contributed by atoms with van der Waals surface area (Å²) in [4.78, 5) is 23.5. The van der Waals surface area contributed by atoms with E-state index in [1.807, 2.05) is 67.1 Å². The Bertz CT molecular complexity index is 2190. The summed E-state index contributed by atoms with van der Waals surface area (Å²) in [6.45, 7) is 0. The standard InChI is InChI=1S/C39H25N5/c1-2-7-28(8-3-1)37-23-34(33-17-16-29-9-6-20-42-38(29)39(33)44-37)27-14-12-26(13-15-27)32-21-35(30-10-4-18-40-24-30)43-36(22-32)31-11-5-19-41-25-31/h1-25H. The Morgan fingerprint density at radius 3 is 1.70 bits per heavy atom. The van der Waals surface area contributed by atoms with E-state index in [2.05, 4.69) is 82.8 Å². The maximum Gasteiger partial charge on any atom is 0.0978 e. The van der Waals surface area contributed by atoms with Gasteiger partial charge in [0.2, 0.25) is 0 Å². The highest BCUT2D eigenvalue weighted by Gasteiger charge is 2.14. The van der Waals surface area contributed by atoms with Crippen LogP contribution in [0.1, 0.15) is 0 Å². The third-order valence-electron chi connectivity index (χ3n) is 7.89. The van der Waals surface area contributed by atoms with Gasteiger partial charge in [-0.2, -0.15) is 0 Å². The maximum absolute atomic E-state index is 5.12. The molecule has 0 saturated heterocycles. The summed E-state index contributed by atoms with van der Waals surface area (Å²) in [6.07, 6.45) is 9.08. The average molecular weight is 564 g/mol. The first-order chi connectivity index (χ1) is 21.8. The van der Waals surface area contributed by atoms with Gasteiger partial charge in [0.1, 0.15) is 0 Å². The molecule has 0 amide bonds. The van der Waals surface area contributed by atoms with E-state index in [0.29, 0.717) is 0 Å². The van der Waals surface area contributed by atoms with Gasteiger partial charge in [-0.1, -0.05) is 72.8 Å². The van der Waals surface area contributed by atoms with Crippen LogP contribution in [0, 0.1) is 0 Å². The lowest BCUT2D eigenvalue weighted by Gasteiger charge is -2.13. The molecule has 0 radical (unpaired) electrons. The van der Waals surface area contributed by atoms with Crippen LogP contribution in [0.2, 0.25) is 0 Å². The van der Waals surface area contributed by atoms with Crippen molar-refractivity contribution in [3.63, 3.8) is 0 Å². The van der Waals surface area contributed by atoms with Crippen molar-refractivity contribution in [2.24, 2.45) is 0 Å². The maximum atomic E-state index is 5.12. The minimum atomic E-state index is 0.866. The van der Waals surface area contributed by atoms with Gasteiger partial charge in [0.25, 0.3) is 0 Å². The Morgan fingerprint density at radius 1 is 0.386 bits per heavy atom.